The number of halogens is 2. The summed E-state index contributed by atoms with van der Waals surface area (Å²) in [6, 6.07) is 5.44. The number of fused-ring (bicyclic) bond motifs is 1. The number of H-pyrrole nitrogens is 1. The van der Waals surface area contributed by atoms with Crippen molar-refractivity contribution in [3.63, 3.8) is 0 Å². The van der Waals surface area contributed by atoms with Crippen molar-refractivity contribution in [2.75, 3.05) is 26.7 Å². The molecule has 2 aromatic heterocycles. The van der Waals surface area contributed by atoms with Crippen molar-refractivity contribution in [3.8, 4) is 11.1 Å². The molecule has 3 aromatic rings. The lowest BCUT2D eigenvalue weighted by Gasteiger charge is -2.33. The number of nitrogens with one attached hydrogen (secondary N) is 1. The SMILES string of the molecule is CO.Cc1cc(-c2ccnc3[nH]cc(Cl)c23)cc(F)c1C1CCN(C(=O)CN)CC1. The van der Waals surface area contributed by atoms with E-state index in [4.69, 9.17) is 22.4 Å². The van der Waals surface area contributed by atoms with Gasteiger partial charge in [0.1, 0.15) is 11.5 Å². The highest BCUT2D eigenvalue weighted by atomic mass is 35.5. The second-order valence-electron chi connectivity index (χ2n) is 7.27. The molecule has 1 aliphatic heterocycles. The Balaban J connectivity index is 0.00000124. The Kier molecular flexibility index (Phi) is 7.07. The number of carbonyl (C=O) groups is 1. The zero-order valence-electron chi connectivity index (χ0n) is 17.1. The Morgan fingerprint density at radius 1 is 1.37 bits per heavy atom. The fourth-order valence-electron chi connectivity index (χ4n) is 4.23. The third kappa shape index (κ3) is 4.19. The zero-order chi connectivity index (χ0) is 21.8. The average molecular weight is 433 g/mol. The van der Waals surface area contributed by atoms with Crippen LogP contribution in [-0.4, -0.2) is 52.6 Å². The minimum Gasteiger partial charge on any atom is -0.400 e. The molecular weight excluding hydrogens is 407 g/mol. The number of carbonyl (C=O) groups excluding carboxylic acids is 1. The van der Waals surface area contributed by atoms with Crippen molar-refractivity contribution < 1.29 is 14.3 Å². The first-order chi connectivity index (χ1) is 14.5. The fraction of sp³-hybridized carbons (Fsp3) is 0.364. The van der Waals surface area contributed by atoms with Gasteiger partial charge < -0.3 is 20.7 Å². The summed E-state index contributed by atoms with van der Waals surface area (Å²) in [5.41, 5.74) is 9.42. The Bertz CT molecular complexity index is 1020. The van der Waals surface area contributed by atoms with Gasteiger partial charge in [0.25, 0.3) is 0 Å². The summed E-state index contributed by atoms with van der Waals surface area (Å²) < 4.78 is 15.2. The predicted molar refractivity (Wildman–Crippen MR) is 117 cm³/mol. The number of aryl methyl sites for hydroxylation is 1. The highest BCUT2D eigenvalue weighted by molar-refractivity contribution is 6.36. The molecule has 0 aliphatic carbocycles. The van der Waals surface area contributed by atoms with Crippen molar-refractivity contribution >= 4 is 28.5 Å². The van der Waals surface area contributed by atoms with Gasteiger partial charge in [-0.15, -0.1) is 0 Å². The molecule has 3 heterocycles. The lowest BCUT2D eigenvalue weighted by Crippen LogP contribution is -2.41. The van der Waals surface area contributed by atoms with Crippen LogP contribution in [0.5, 0.6) is 0 Å². The third-order valence-electron chi connectivity index (χ3n) is 5.60. The third-order valence-corrected chi connectivity index (χ3v) is 5.90. The number of amides is 1. The van der Waals surface area contributed by atoms with E-state index >= 15 is 4.39 Å². The van der Waals surface area contributed by atoms with E-state index in [0.29, 0.717) is 23.8 Å². The summed E-state index contributed by atoms with van der Waals surface area (Å²) in [5, 5.41) is 8.36. The molecule has 4 rings (SSSR count). The van der Waals surface area contributed by atoms with E-state index in [9.17, 15) is 4.79 Å². The van der Waals surface area contributed by atoms with Gasteiger partial charge in [0.05, 0.1) is 11.6 Å². The molecule has 0 unspecified atom stereocenters. The van der Waals surface area contributed by atoms with Crippen molar-refractivity contribution in [2.24, 2.45) is 5.73 Å². The van der Waals surface area contributed by atoms with E-state index in [2.05, 4.69) is 9.97 Å². The summed E-state index contributed by atoms with van der Waals surface area (Å²) in [5.74, 6) is -0.157. The number of nitrogens with zero attached hydrogens (tertiary/aromatic N) is 2. The van der Waals surface area contributed by atoms with Crippen LogP contribution in [0.4, 0.5) is 4.39 Å². The minimum atomic E-state index is -0.213. The van der Waals surface area contributed by atoms with E-state index in [1.807, 2.05) is 19.1 Å². The molecule has 1 amide bonds. The van der Waals surface area contributed by atoms with E-state index in [-0.39, 0.29) is 24.2 Å². The van der Waals surface area contributed by atoms with Gasteiger partial charge in [-0.05, 0) is 60.1 Å². The molecule has 30 heavy (non-hydrogen) atoms. The van der Waals surface area contributed by atoms with Crippen molar-refractivity contribution in [2.45, 2.75) is 25.7 Å². The highest BCUT2D eigenvalue weighted by Crippen LogP contribution is 2.37. The zero-order valence-corrected chi connectivity index (χ0v) is 17.8. The summed E-state index contributed by atoms with van der Waals surface area (Å²) in [7, 11) is 1.00. The molecule has 1 aliphatic rings. The molecule has 1 aromatic carbocycles. The molecule has 4 N–H and O–H groups in total. The number of rotatable bonds is 3. The second-order valence-corrected chi connectivity index (χ2v) is 7.67. The van der Waals surface area contributed by atoms with Crippen LogP contribution in [0.2, 0.25) is 5.02 Å². The Morgan fingerprint density at radius 2 is 2.07 bits per heavy atom. The number of aromatic nitrogens is 2. The van der Waals surface area contributed by atoms with Gasteiger partial charge in [-0.2, -0.15) is 0 Å². The van der Waals surface area contributed by atoms with Crippen LogP contribution in [0, 0.1) is 12.7 Å². The van der Waals surface area contributed by atoms with Gasteiger partial charge in [0.15, 0.2) is 0 Å². The maximum absolute atomic E-state index is 15.2. The maximum atomic E-state index is 15.2. The number of benzene rings is 1. The topological polar surface area (TPSA) is 95.2 Å². The molecular formula is C22H26ClFN4O2. The van der Waals surface area contributed by atoms with E-state index in [1.165, 1.54) is 0 Å². The number of likely N-dealkylation sites (tertiary alicyclic amines) is 1. The first kappa shape index (κ1) is 22.2. The number of aliphatic hydroxyl groups excluding tert-OH is 1. The van der Waals surface area contributed by atoms with Crippen molar-refractivity contribution in [3.05, 3.63) is 52.6 Å². The van der Waals surface area contributed by atoms with Crippen LogP contribution in [0.1, 0.15) is 29.9 Å². The van der Waals surface area contributed by atoms with E-state index in [1.54, 1.807) is 23.4 Å². The number of aromatic amines is 1. The Labute approximate surface area is 179 Å². The standard InChI is InChI=1S/C21H22ClFN4O.CH4O/c1-12-8-14(15-2-5-25-21-20(15)16(22)11-26-21)9-17(23)19(12)13-3-6-27(7-4-13)18(28)10-24;1-2/h2,5,8-9,11,13H,3-4,6-7,10,24H2,1H3,(H,25,26);2H,1H3. The Morgan fingerprint density at radius 3 is 2.70 bits per heavy atom. The van der Waals surface area contributed by atoms with Gasteiger partial charge in [0.2, 0.25) is 5.91 Å². The number of hydrogen-bond donors (Lipinski definition) is 3. The number of piperidine rings is 1. The summed E-state index contributed by atoms with van der Waals surface area (Å²) >= 11 is 6.31. The van der Waals surface area contributed by atoms with E-state index in [0.717, 1.165) is 47.6 Å². The van der Waals surface area contributed by atoms with Crippen LogP contribution in [0.25, 0.3) is 22.2 Å². The fourth-order valence-corrected chi connectivity index (χ4v) is 4.48. The van der Waals surface area contributed by atoms with Crippen LogP contribution in [-0.2, 0) is 4.79 Å². The molecule has 0 atom stereocenters. The van der Waals surface area contributed by atoms with Gasteiger partial charge >= 0.3 is 0 Å². The minimum absolute atomic E-state index is 0.0227. The van der Waals surface area contributed by atoms with Crippen molar-refractivity contribution in [1.82, 2.24) is 14.9 Å². The molecule has 0 saturated carbocycles. The summed E-state index contributed by atoms with van der Waals surface area (Å²) in [6.07, 6.45) is 4.87. The number of pyridine rings is 1. The number of nitrogens with two attached hydrogens (primary N) is 1. The van der Waals surface area contributed by atoms with Gasteiger partial charge in [-0.25, -0.2) is 9.37 Å². The maximum Gasteiger partial charge on any atom is 0.236 e. The molecule has 8 heteroatoms. The molecule has 1 fully saturated rings. The number of aliphatic hydroxyl groups is 1. The largest absolute Gasteiger partial charge is 0.400 e. The smallest absolute Gasteiger partial charge is 0.236 e. The van der Waals surface area contributed by atoms with Crippen molar-refractivity contribution in [1.29, 1.82) is 0 Å². The van der Waals surface area contributed by atoms with Gasteiger partial charge in [-0.3, -0.25) is 4.79 Å². The van der Waals surface area contributed by atoms with E-state index < -0.39 is 0 Å². The summed E-state index contributed by atoms with van der Waals surface area (Å²) in [6.45, 7) is 3.20. The molecule has 0 radical (unpaired) electrons. The molecule has 1 saturated heterocycles. The average Bonchev–Trinajstić information content (AvgIpc) is 3.15. The molecule has 0 spiro atoms. The summed E-state index contributed by atoms with van der Waals surface area (Å²) in [4.78, 5) is 20.8. The monoisotopic (exact) mass is 432 g/mol. The first-order valence-corrected chi connectivity index (χ1v) is 10.2. The normalized spacial score (nSPS) is 14.5. The highest BCUT2D eigenvalue weighted by Gasteiger charge is 2.26. The lowest BCUT2D eigenvalue weighted by atomic mass is 9.85. The molecule has 6 nitrogen and oxygen atoms in total. The molecule has 160 valence electrons. The quantitative estimate of drug-likeness (QED) is 0.589. The van der Waals surface area contributed by atoms with Crippen LogP contribution < -0.4 is 5.73 Å². The molecule has 0 bridgehead atoms. The lowest BCUT2D eigenvalue weighted by molar-refractivity contribution is -0.130. The second kappa shape index (κ2) is 9.55. The van der Waals surface area contributed by atoms with Crippen LogP contribution >= 0.6 is 11.6 Å². The predicted octanol–water partition coefficient (Wildman–Crippen LogP) is 3.60. The first-order valence-electron chi connectivity index (χ1n) is 9.84. The van der Waals surface area contributed by atoms with Crippen LogP contribution in [0.3, 0.4) is 0 Å². The van der Waals surface area contributed by atoms with Crippen LogP contribution in [0.15, 0.2) is 30.6 Å². The number of hydrogen-bond acceptors (Lipinski definition) is 4. The van der Waals surface area contributed by atoms with Gasteiger partial charge in [-0.1, -0.05) is 17.7 Å². The Hall–Kier alpha value is -2.48. The van der Waals surface area contributed by atoms with Gasteiger partial charge in [0, 0.05) is 38.0 Å².